The number of nitrogens with two attached hydrogens (primary N) is 1. The number of nitrogens with one attached hydrogen (secondary N) is 1. The molecule has 0 saturated heterocycles. The van der Waals surface area contributed by atoms with Crippen LogP contribution in [0, 0.1) is 0 Å². The summed E-state index contributed by atoms with van der Waals surface area (Å²) in [6.45, 7) is 0. The van der Waals surface area contributed by atoms with Crippen molar-refractivity contribution < 1.29 is 9.94 Å². The lowest BCUT2D eigenvalue weighted by Crippen LogP contribution is -2.17. The van der Waals surface area contributed by atoms with E-state index in [2.05, 4.69) is 10.1 Å². The fraction of sp³-hybridized carbons (Fsp3) is 0.143. The van der Waals surface area contributed by atoms with Crippen LogP contribution in [0.15, 0.2) is 22.2 Å². The van der Waals surface area contributed by atoms with Gasteiger partial charge < -0.3 is 20.7 Å². The molecule has 0 aliphatic heterocycles. The van der Waals surface area contributed by atoms with Crippen molar-refractivity contribution in [1.82, 2.24) is 4.98 Å². The van der Waals surface area contributed by atoms with E-state index in [0.717, 1.165) is 0 Å². The van der Waals surface area contributed by atoms with Crippen molar-refractivity contribution in [3.63, 3.8) is 0 Å². The average molecular weight is 183 g/mol. The molecule has 1 aromatic heterocycles. The number of nitrogens with zero attached hydrogens (tertiary/aromatic N) is 1. The molecule has 0 unspecified atom stereocenters. The molecular weight excluding hydrogens is 174 g/mol. The molecule has 4 N–H and O–H groups in total. The summed E-state index contributed by atoms with van der Waals surface area (Å²) in [5.41, 5.74) is 5.31. The quantitative estimate of drug-likeness (QED) is 0.248. The number of methoxy groups -OCH3 is 1. The summed E-state index contributed by atoms with van der Waals surface area (Å²) in [5, 5.41) is 11.1. The van der Waals surface area contributed by atoms with Crippen LogP contribution in [-0.4, -0.2) is 23.1 Å². The van der Waals surface area contributed by atoms with E-state index in [1.807, 2.05) is 0 Å². The third-order valence-corrected chi connectivity index (χ3v) is 1.49. The largest absolute Gasteiger partial charge is 0.491 e. The molecule has 1 aromatic rings. The Bertz CT molecular complexity index is 383. The second-order valence-electron chi connectivity index (χ2n) is 2.27. The zero-order valence-corrected chi connectivity index (χ0v) is 6.94. The number of ether oxygens (including phenoxy) is 1. The van der Waals surface area contributed by atoms with E-state index >= 15 is 0 Å². The molecule has 70 valence electrons. The van der Waals surface area contributed by atoms with Crippen LogP contribution in [0.1, 0.15) is 5.56 Å². The first-order chi connectivity index (χ1) is 6.19. The van der Waals surface area contributed by atoms with Gasteiger partial charge in [0.05, 0.1) is 7.11 Å². The Hall–Kier alpha value is -1.98. The minimum atomic E-state index is -0.364. The molecule has 1 heterocycles. The Morgan fingerprint density at radius 3 is 3.00 bits per heavy atom. The average Bonchev–Trinajstić information content (AvgIpc) is 2.17. The molecule has 0 atom stereocenters. The van der Waals surface area contributed by atoms with Gasteiger partial charge in [-0.15, -0.1) is 0 Å². The lowest BCUT2D eigenvalue weighted by Gasteiger charge is -2.00. The number of hydrogen-bond donors (Lipinski definition) is 3. The zero-order valence-electron chi connectivity index (χ0n) is 6.94. The predicted molar refractivity (Wildman–Crippen MR) is 46.1 cm³/mol. The van der Waals surface area contributed by atoms with E-state index in [9.17, 15) is 4.79 Å². The Kier molecular flexibility index (Phi) is 2.53. The summed E-state index contributed by atoms with van der Waals surface area (Å²) >= 11 is 0. The van der Waals surface area contributed by atoms with Crippen LogP contribution in [0.3, 0.4) is 0 Å². The van der Waals surface area contributed by atoms with Crippen LogP contribution < -0.4 is 16.0 Å². The van der Waals surface area contributed by atoms with Crippen LogP contribution >= 0.6 is 0 Å². The van der Waals surface area contributed by atoms with E-state index in [4.69, 9.17) is 15.7 Å². The van der Waals surface area contributed by atoms with Gasteiger partial charge in [-0.25, -0.2) is 0 Å². The highest BCUT2D eigenvalue weighted by Crippen LogP contribution is 2.04. The van der Waals surface area contributed by atoms with Gasteiger partial charge in [0, 0.05) is 11.8 Å². The summed E-state index contributed by atoms with van der Waals surface area (Å²) in [6, 6.07) is 1.38. The molecule has 0 saturated carbocycles. The number of aromatic nitrogens is 1. The van der Waals surface area contributed by atoms with E-state index in [1.54, 1.807) is 0 Å². The van der Waals surface area contributed by atoms with Crippen LogP contribution in [0.25, 0.3) is 0 Å². The highest BCUT2D eigenvalue weighted by molar-refractivity contribution is 5.96. The number of oxime groups is 1. The van der Waals surface area contributed by atoms with Crippen molar-refractivity contribution in [2.75, 3.05) is 7.11 Å². The van der Waals surface area contributed by atoms with Gasteiger partial charge >= 0.3 is 0 Å². The Morgan fingerprint density at radius 1 is 1.77 bits per heavy atom. The van der Waals surface area contributed by atoms with Crippen molar-refractivity contribution in [2.24, 2.45) is 10.9 Å². The second-order valence-corrected chi connectivity index (χ2v) is 2.27. The van der Waals surface area contributed by atoms with Crippen LogP contribution in [0.4, 0.5) is 0 Å². The molecule has 0 aliphatic rings. The molecule has 0 bridgehead atoms. The maximum atomic E-state index is 11.0. The fourth-order valence-corrected chi connectivity index (χ4v) is 0.820. The fourth-order valence-electron chi connectivity index (χ4n) is 0.820. The summed E-state index contributed by atoms with van der Waals surface area (Å²) in [5.74, 6) is 0.0265. The van der Waals surface area contributed by atoms with E-state index < -0.39 is 0 Å². The molecule has 0 aromatic carbocycles. The van der Waals surface area contributed by atoms with Gasteiger partial charge in [0.15, 0.2) is 11.6 Å². The number of amidine groups is 1. The lowest BCUT2D eigenvalue weighted by atomic mass is 10.2. The summed E-state index contributed by atoms with van der Waals surface area (Å²) in [6.07, 6.45) is 1.33. The van der Waals surface area contributed by atoms with Gasteiger partial charge in [-0.1, -0.05) is 5.16 Å². The summed E-state index contributed by atoms with van der Waals surface area (Å²) in [7, 11) is 1.36. The maximum absolute atomic E-state index is 11.0. The molecule has 0 amide bonds. The van der Waals surface area contributed by atoms with Crippen LogP contribution in [-0.2, 0) is 0 Å². The molecule has 1 rings (SSSR count). The summed E-state index contributed by atoms with van der Waals surface area (Å²) in [4.78, 5) is 13.4. The molecular formula is C7H9N3O3. The lowest BCUT2D eigenvalue weighted by molar-refractivity contribution is 0.318. The van der Waals surface area contributed by atoms with Gasteiger partial charge in [0.1, 0.15) is 0 Å². The number of hydrogen-bond acceptors (Lipinski definition) is 4. The number of aromatic amines is 1. The highest BCUT2D eigenvalue weighted by Gasteiger charge is 2.04. The molecule has 0 aliphatic carbocycles. The van der Waals surface area contributed by atoms with Crippen LogP contribution in [0.2, 0.25) is 0 Å². The minimum Gasteiger partial charge on any atom is -0.491 e. The maximum Gasteiger partial charge on any atom is 0.290 e. The van der Waals surface area contributed by atoms with E-state index in [-0.39, 0.29) is 17.1 Å². The first-order valence-corrected chi connectivity index (χ1v) is 3.43. The zero-order chi connectivity index (χ0) is 9.84. The Labute approximate surface area is 73.6 Å². The molecule has 0 radical (unpaired) electrons. The Morgan fingerprint density at radius 2 is 2.46 bits per heavy atom. The second kappa shape index (κ2) is 3.61. The smallest absolute Gasteiger partial charge is 0.290 e. The SMILES string of the molecule is COc1cc(/C(N)=N/O)c[nH]c1=O. The van der Waals surface area contributed by atoms with E-state index in [1.165, 1.54) is 19.4 Å². The van der Waals surface area contributed by atoms with Crippen molar-refractivity contribution in [3.8, 4) is 5.75 Å². The van der Waals surface area contributed by atoms with Crippen molar-refractivity contribution in [2.45, 2.75) is 0 Å². The van der Waals surface area contributed by atoms with Crippen molar-refractivity contribution in [3.05, 3.63) is 28.2 Å². The first-order valence-electron chi connectivity index (χ1n) is 3.43. The predicted octanol–water partition coefficient (Wildman–Crippen LogP) is -0.522. The number of H-pyrrole nitrogens is 1. The van der Waals surface area contributed by atoms with Crippen LogP contribution in [0.5, 0.6) is 5.75 Å². The van der Waals surface area contributed by atoms with Gasteiger partial charge in [-0.2, -0.15) is 0 Å². The van der Waals surface area contributed by atoms with Gasteiger partial charge in [-0.3, -0.25) is 4.79 Å². The van der Waals surface area contributed by atoms with Gasteiger partial charge in [0.25, 0.3) is 5.56 Å². The topological polar surface area (TPSA) is 101 Å². The highest BCUT2D eigenvalue weighted by atomic mass is 16.5. The molecule has 6 heteroatoms. The molecule has 6 nitrogen and oxygen atoms in total. The van der Waals surface area contributed by atoms with E-state index in [0.29, 0.717) is 5.56 Å². The van der Waals surface area contributed by atoms with Gasteiger partial charge in [-0.05, 0) is 6.07 Å². The monoisotopic (exact) mass is 183 g/mol. The summed E-state index contributed by atoms with van der Waals surface area (Å²) < 4.78 is 4.74. The normalized spacial score (nSPS) is 11.3. The molecule has 0 fully saturated rings. The number of pyridine rings is 1. The third-order valence-electron chi connectivity index (χ3n) is 1.49. The Balaban J connectivity index is 3.21. The molecule has 0 spiro atoms. The number of rotatable bonds is 2. The standard InChI is InChI=1S/C7H9N3O3/c1-13-5-2-4(6(8)10-12)3-9-7(5)11/h2-3,12H,1H3,(H2,8,10)(H,9,11). The van der Waals surface area contributed by atoms with Gasteiger partial charge in [0.2, 0.25) is 0 Å². The first kappa shape index (κ1) is 9.11. The third kappa shape index (κ3) is 1.78. The van der Waals surface area contributed by atoms with Crippen molar-refractivity contribution in [1.29, 1.82) is 0 Å². The minimum absolute atomic E-state index is 0.0884. The van der Waals surface area contributed by atoms with Crippen molar-refractivity contribution >= 4 is 5.84 Å². The molecule has 13 heavy (non-hydrogen) atoms.